The van der Waals surface area contributed by atoms with Gasteiger partial charge in [-0.15, -0.1) is 0 Å². The summed E-state index contributed by atoms with van der Waals surface area (Å²) in [7, 11) is 0. The van der Waals surface area contributed by atoms with Crippen LogP contribution >= 0.6 is 0 Å². The molecule has 324 valence electrons. The summed E-state index contributed by atoms with van der Waals surface area (Å²) in [5, 5.41) is 6.72. The highest BCUT2D eigenvalue weighted by Crippen LogP contribution is 2.22. The molecule has 13 heteroatoms. The number of piperidine rings is 4. The van der Waals surface area contributed by atoms with E-state index in [0.29, 0.717) is 38.1 Å². The van der Waals surface area contributed by atoms with Crippen molar-refractivity contribution >= 4 is 23.4 Å². The number of nitrogens with two attached hydrogens (primary N) is 2. The molecular formula is C46H70N8O5. The van der Waals surface area contributed by atoms with Crippen LogP contribution in [0.1, 0.15) is 73.6 Å². The first-order chi connectivity index (χ1) is 28.6. The smallest absolute Gasteiger partial charge is 0.220 e. The van der Waals surface area contributed by atoms with Gasteiger partial charge < -0.3 is 36.6 Å². The Hall–Kier alpha value is -3.56. The standard InChI is InChI=1S/C46H70N8O5/c47-45(57)39-9-19-53(20-10-39)33-37-5-1-35(2-6-37)29-41(55)31-49-17-27-51-23-13-43(14-24-51)59-44-15-25-52(26-16-44)28-18-50-32-42(56)30-36-3-7-38(8-4-36)34-54-21-11-40(12-22-54)46(48)58/h1-8,39-40,43-44,49-50H,9-34H2,(H2,47,57)(H2,48,58). The summed E-state index contributed by atoms with van der Waals surface area (Å²) in [5.41, 5.74) is 15.5. The molecule has 0 saturated carbocycles. The Morgan fingerprint density at radius 2 is 0.814 bits per heavy atom. The molecule has 0 spiro atoms. The molecule has 6 rings (SSSR count). The van der Waals surface area contributed by atoms with Crippen LogP contribution in [0.2, 0.25) is 0 Å². The molecule has 4 fully saturated rings. The van der Waals surface area contributed by atoms with E-state index in [1.807, 2.05) is 0 Å². The van der Waals surface area contributed by atoms with Gasteiger partial charge in [-0.05, 0) is 99.8 Å². The molecule has 4 aliphatic heterocycles. The van der Waals surface area contributed by atoms with Crippen LogP contribution in [0.3, 0.4) is 0 Å². The first-order valence-electron chi connectivity index (χ1n) is 22.4. The lowest BCUT2D eigenvalue weighted by Crippen LogP contribution is -2.44. The van der Waals surface area contributed by atoms with Crippen molar-refractivity contribution in [2.24, 2.45) is 23.3 Å². The van der Waals surface area contributed by atoms with Crippen molar-refractivity contribution in [3.8, 4) is 0 Å². The molecule has 2 aromatic rings. The zero-order valence-electron chi connectivity index (χ0n) is 35.3. The van der Waals surface area contributed by atoms with Crippen molar-refractivity contribution < 1.29 is 23.9 Å². The van der Waals surface area contributed by atoms with Crippen LogP contribution in [0.25, 0.3) is 0 Å². The van der Waals surface area contributed by atoms with Crippen LogP contribution in [0.4, 0.5) is 0 Å². The number of likely N-dealkylation sites (tertiary alicyclic amines) is 4. The number of benzene rings is 2. The van der Waals surface area contributed by atoms with Gasteiger partial charge in [0.05, 0.1) is 25.3 Å². The van der Waals surface area contributed by atoms with Crippen molar-refractivity contribution in [3.05, 3.63) is 70.8 Å². The normalized spacial score (nSPS) is 20.2. The number of carbonyl (C=O) groups is 4. The third-order valence-corrected chi connectivity index (χ3v) is 12.9. The second kappa shape index (κ2) is 23.4. The number of rotatable bonds is 22. The largest absolute Gasteiger partial charge is 0.375 e. The maximum atomic E-state index is 12.7. The van der Waals surface area contributed by atoms with Gasteiger partial charge in [0.2, 0.25) is 11.8 Å². The van der Waals surface area contributed by atoms with Gasteiger partial charge in [0.25, 0.3) is 0 Å². The van der Waals surface area contributed by atoms with Gasteiger partial charge in [-0.1, -0.05) is 48.5 Å². The number of ketones is 2. The molecule has 0 atom stereocenters. The van der Waals surface area contributed by atoms with Gasteiger partial charge in [0.1, 0.15) is 0 Å². The molecular weight excluding hydrogens is 745 g/mol. The van der Waals surface area contributed by atoms with E-state index in [4.69, 9.17) is 16.2 Å². The fraction of sp³-hybridized carbons (Fsp3) is 0.652. The SMILES string of the molecule is NC(=O)C1CCN(Cc2ccc(CC(=O)CNCCN3CCC(OC4CCN(CCNCC(=O)Cc5ccc(CN6CCC(C(N)=O)CC6)cc5)CC4)CC3)cc2)CC1. The average Bonchev–Trinajstić information content (AvgIpc) is 3.24. The van der Waals surface area contributed by atoms with Crippen LogP contribution in [-0.4, -0.2) is 147 Å². The number of nitrogens with zero attached hydrogens (tertiary/aromatic N) is 4. The minimum atomic E-state index is -0.180. The zero-order valence-corrected chi connectivity index (χ0v) is 35.3. The number of hydrogen-bond acceptors (Lipinski definition) is 11. The summed E-state index contributed by atoms with van der Waals surface area (Å²) >= 11 is 0. The van der Waals surface area contributed by atoms with E-state index in [1.54, 1.807) is 0 Å². The Kier molecular flexibility index (Phi) is 17.9. The molecule has 0 aromatic heterocycles. The van der Waals surface area contributed by atoms with Crippen molar-refractivity contribution in [3.63, 3.8) is 0 Å². The Bertz CT molecular complexity index is 1490. The fourth-order valence-electron chi connectivity index (χ4n) is 9.11. The number of Topliss-reactive ketones (excluding diaryl/α,β-unsaturated/α-hetero) is 2. The molecule has 4 heterocycles. The number of primary amides is 2. The molecule has 2 aromatic carbocycles. The molecule has 4 aliphatic rings. The number of carbonyl (C=O) groups excluding carboxylic acids is 4. The van der Waals surface area contributed by atoms with Crippen LogP contribution in [0, 0.1) is 11.8 Å². The molecule has 0 unspecified atom stereocenters. The summed E-state index contributed by atoms with van der Waals surface area (Å²) < 4.78 is 6.56. The lowest BCUT2D eigenvalue weighted by atomic mass is 9.96. The second-order valence-corrected chi connectivity index (χ2v) is 17.5. The van der Waals surface area contributed by atoms with Gasteiger partial charge >= 0.3 is 0 Å². The minimum Gasteiger partial charge on any atom is -0.375 e. The minimum absolute atomic E-state index is 0.00919. The first kappa shape index (κ1) is 45.0. The highest BCUT2D eigenvalue weighted by atomic mass is 16.5. The van der Waals surface area contributed by atoms with E-state index in [1.165, 1.54) is 11.1 Å². The van der Waals surface area contributed by atoms with Crippen molar-refractivity contribution in [1.29, 1.82) is 0 Å². The van der Waals surface area contributed by atoms with Gasteiger partial charge in [-0.3, -0.25) is 29.0 Å². The van der Waals surface area contributed by atoms with E-state index in [-0.39, 0.29) is 35.2 Å². The quantitative estimate of drug-likeness (QED) is 0.129. The third kappa shape index (κ3) is 15.4. The number of hydrogen-bond donors (Lipinski definition) is 4. The molecule has 0 radical (unpaired) electrons. The summed E-state index contributed by atoms with van der Waals surface area (Å²) in [5.74, 6) is 0.0707. The summed E-state index contributed by atoms with van der Waals surface area (Å²) in [6.07, 6.45) is 9.10. The third-order valence-electron chi connectivity index (χ3n) is 12.9. The average molecular weight is 815 g/mol. The molecule has 2 amide bonds. The van der Waals surface area contributed by atoms with E-state index in [2.05, 4.69) is 78.8 Å². The molecule has 4 saturated heterocycles. The lowest BCUT2D eigenvalue weighted by Gasteiger charge is -2.37. The molecule has 6 N–H and O–H groups in total. The van der Waals surface area contributed by atoms with E-state index in [0.717, 1.165) is 154 Å². The van der Waals surface area contributed by atoms with Crippen molar-refractivity contribution in [1.82, 2.24) is 30.2 Å². The molecule has 59 heavy (non-hydrogen) atoms. The summed E-state index contributed by atoms with van der Waals surface area (Å²) in [6, 6.07) is 16.7. The molecule has 13 nitrogen and oxygen atoms in total. The van der Waals surface area contributed by atoms with Crippen LogP contribution in [-0.2, 0) is 49.8 Å². The number of nitrogens with one attached hydrogen (secondary N) is 2. The predicted octanol–water partition coefficient (Wildman–Crippen LogP) is 2.13. The Balaban J connectivity index is 0.741. The zero-order chi connectivity index (χ0) is 41.4. The van der Waals surface area contributed by atoms with Crippen molar-refractivity contribution in [2.45, 2.75) is 89.5 Å². The van der Waals surface area contributed by atoms with Crippen molar-refractivity contribution in [2.75, 3.05) is 91.6 Å². The van der Waals surface area contributed by atoms with Gasteiger partial charge in [0, 0.05) is 90.1 Å². The maximum Gasteiger partial charge on any atom is 0.220 e. The van der Waals surface area contributed by atoms with E-state index < -0.39 is 0 Å². The second-order valence-electron chi connectivity index (χ2n) is 17.5. The topological polar surface area (TPSA) is 167 Å². The highest BCUT2D eigenvalue weighted by molar-refractivity contribution is 5.83. The van der Waals surface area contributed by atoms with Gasteiger partial charge in [-0.2, -0.15) is 0 Å². The Labute approximate surface area is 351 Å². The summed E-state index contributed by atoms with van der Waals surface area (Å²) in [4.78, 5) is 57.8. The lowest BCUT2D eigenvalue weighted by molar-refractivity contribution is -0.124. The number of ether oxygens (including phenoxy) is 1. The number of amides is 2. The van der Waals surface area contributed by atoms with Crippen LogP contribution in [0.15, 0.2) is 48.5 Å². The Morgan fingerprint density at radius 1 is 0.492 bits per heavy atom. The van der Waals surface area contributed by atoms with Crippen LogP contribution < -0.4 is 22.1 Å². The van der Waals surface area contributed by atoms with Gasteiger partial charge in [0.15, 0.2) is 11.6 Å². The molecule has 0 aliphatic carbocycles. The Morgan fingerprint density at radius 3 is 1.15 bits per heavy atom. The predicted molar refractivity (Wildman–Crippen MR) is 230 cm³/mol. The van der Waals surface area contributed by atoms with Crippen LogP contribution in [0.5, 0.6) is 0 Å². The first-order valence-corrected chi connectivity index (χ1v) is 22.4. The maximum absolute atomic E-state index is 12.7. The fourth-order valence-corrected chi connectivity index (χ4v) is 9.11. The monoisotopic (exact) mass is 815 g/mol. The van der Waals surface area contributed by atoms with Gasteiger partial charge in [-0.25, -0.2) is 0 Å². The highest BCUT2D eigenvalue weighted by Gasteiger charge is 2.27. The summed E-state index contributed by atoms with van der Waals surface area (Å²) in [6.45, 7) is 13.7. The van der Waals surface area contributed by atoms with E-state index in [9.17, 15) is 19.2 Å². The molecule has 0 bridgehead atoms. The van der Waals surface area contributed by atoms with E-state index >= 15 is 0 Å².